The van der Waals surface area contributed by atoms with E-state index in [-0.39, 0.29) is 16.9 Å². The Morgan fingerprint density at radius 1 is 0.955 bits per heavy atom. The summed E-state index contributed by atoms with van der Waals surface area (Å²) in [7, 11) is 0. The van der Waals surface area contributed by atoms with Crippen molar-refractivity contribution in [1.29, 1.82) is 0 Å². The van der Waals surface area contributed by atoms with Crippen LogP contribution in [0.25, 0.3) is 0 Å². The van der Waals surface area contributed by atoms with Crippen molar-refractivity contribution >= 4 is 11.6 Å². The molecule has 0 bridgehead atoms. The minimum absolute atomic E-state index is 0.0520. The Hall–Kier alpha value is -1.88. The van der Waals surface area contributed by atoms with Crippen LogP contribution in [0.5, 0.6) is 17.2 Å². The predicted molar refractivity (Wildman–Crippen MR) is 78.7 cm³/mol. The third kappa shape index (κ3) is 4.31. The van der Waals surface area contributed by atoms with Crippen LogP contribution < -0.4 is 9.47 Å². The molecule has 0 heterocycles. The van der Waals surface area contributed by atoms with Crippen LogP contribution in [-0.2, 0) is 6.18 Å². The molecule has 0 aliphatic rings. The molecule has 0 spiro atoms. The molecule has 0 N–H and O–H groups in total. The van der Waals surface area contributed by atoms with Gasteiger partial charge in [-0.2, -0.15) is 13.2 Å². The van der Waals surface area contributed by atoms with Crippen LogP contribution in [0.15, 0.2) is 42.5 Å². The van der Waals surface area contributed by atoms with Crippen LogP contribution in [0.3, 0.4) is 0 Å². The fourth-order valence-electron chi connectivity index (χ4n) is 1.75. The van der Waals surface area contributed by atoms with Crippen molar-refractivity contribution in [2.24, 2.45) is 0 Å². The van der Waals surface area contributed by atoms with Crippen molar-refractivity contribution < 1.29 is 22.6 Å². The number of alkyl halides is 3. The van der Waals surface area contributed by atoms with Crippen molar-refractivity contribution in [2.45, 2.75) is 26.1 Å². The average molecular weight is 331 g/mol. The summed E-state index contributed by atoms with van der Waals surface area (Å²) in [5.74, 6) is 1.30. The van der Waals surface area contributed by atoms with Crippen LogP contribution >= 0.6 is 11.6 Å². The van der Waals surface area contributed by atoms with Gasteiger partial charge in [0.2, 0.25) is 0 Å². The monoisotopic (exact) mass is 330 g/mol. The highest BCUT2D eigenvalue weighted by atomic mass is 35.5. The standard InChI is InChI=1S/C16H14ClF3O2/c1-10(2)21-12-4-6-13(7-5-12)22-15-8-3-11(9-14(15)17)16(18,19)20/h3-10H,1-2H3. The molecule has 118 valence electrons. The van der Waals surface area contributed by atoms with Gasteiger partial charge in [0.15, 0.2) is 0 Å². The quantitative estimate of drug-likeness (QED) is 0.690. The molecule has 2 aromatic carbocycles. The van der Waals surface area contributed by atoms with Gasteiger partial charge in [-0.15, -0.1) is 0 Å². The number of ether oxygens (including phenoxy) is 2. The minimum Gasteiger partial charge on any atom is -0.491 e. The van der Waals surface area contributed by atoms with E-state index in [1.807, 2.05) is 13.8 Å². The number of hydrogen-bond donors (Lipinski definition) is 0. The molecule has 0 saturated carbocycles. The van der Waals surface area contributed by atoms with Crippen molar-refractivity contribution in [3.05, 3.63) is 53.1 Å². The molecule has 0 aliphatic heterocycles. The van der Waals surface area contributed by atoms with E-state index in [0.29, 0.717) is 11.5 Å². The lowest BCUT2D eigenvalue weighted by Gasteiger charge is -2.12. The minimum atomic E-state index is -4.43. The van der Waals surface area contributed by atoms with Gasteiger partial charge in [0, 0.05) is 0 Å². The van der Waals surface area contributed by atoms with Gasteiger partial charge in [0.1, 0.15) is 17.2 Å². The van der Waals surface area contributed by atoms with E-state index < -0.39 is 11.7 Å². The number of hydrogen-bond acceptors (Lipinski definition) is 2. The van der Waals surface area contributed by atoms with Crippen LogP contribution in [0.4, 0.5) is 13.2 Å². The highest BCUT2D eigenvalue weighted by molar-refractivity contribution is 6.32. The summed E-state index contributed by atoms with van der Waals surface area (Å²) in [4.78, 5) is 0. The maximum atomic E-state index is 12.6. The second-order valence-electron chi connectivity index (χ2n) is 4.88. The molecule has 0 unspecified atom stereocenters. The Bertz CT molecular complexity index is 637. The third-order valence-electron chi connectivity index (χ3n) is 2.68. The SMILES string of the molecule is CC(C)Oc1ccc(Oc2ccc(C(F)(F)F)cc2Cl)cc1. The van der Waals surface area contributed by atoms with E-state index in [1.54, 1.807) is 24.3 Å². The first-order valence-electron chi connectivity index (χ1n) is 6.57. The fourth-order valence-corrected chi connectivity index (χ4v) is 1.96. The molecule has 0 aliphatic carbocycles. The highest BCUT2D eigenvalue weighted by Gasteiger charge is 2.31. The first kappa shape index (κ1) is 16.5. The van der Waals surface area contributed by atoms with E-state index in [1.165, 1.54) is 6.07 Å². The molecular formula is C16H14ClF3O2. The second-order valence-corrected chi connectivity index (χ2v) is 5.29. The zero-order valence-corrected chi connectivity index (χ0v) is 12.7. The third-order valence-corrected chi connectivity index (χ3v) is 2.98. The lowest BCUT2D eigenvalue weighted by molar-refractivity contribution is -0.137. The molecule has 0 amide bonds. The lowest BCUT2D eigenvalue weighted by atomic mass is 10.2. The second kappa shape index (κ2) is 6.48. The molecular weight excluding hydrogens is 317 g/mol. The maximum absolute atomic E-state index is 12.6. The lowest BCUT2D eigenvalue weighted by Crippen LogP contribution is -2.05. The van der Waals surface area contributed by atoms with Crippen molar-refractivity contribution in [1.82, 2.24) is 0 Å². The van der Waals surface area contributed by atoms with E-state index in [0.717, 1.165) is 12.1 Å². The zero-order valence-electron chi connectivity index (χ0n) is 11.9. The Morgan fingerprint density at radius 2 is 1.55 bits per heavy atom. The first-order valence-corrected chi connectivity index (χ1v) is 6.95. The summed E-state index contributed by atoms with van der Waals surface area (Å²) in [6.07, 6.45) is -4.38. The molecule has 0 fully saturated rings. The van der Waals surface area contributed by atoms with Crippen molar-refractivity contribution in [3.63, 3.8) is 0 Å². The van der Waals surface area contributed by atoms with Crippen LogP contribution in [0.2, 0.25) is 5.02 Å². The summed E-state index contributed by atoms with van der Waals surface area (Å²) < 4.78 is 48.7. The van der Waals surface area contributed by atoms with Crippen molar-refractivity contribution in [3.8, 4) is 17.2 Å². The predicted octanol–water partition coefficient (Wildman–Crippen LogP) is 5.94. The summed E-state index contributed by atoms with van der Waals surface area (Å²) >= 11 is 5.84. The largest absolute Gasteiger partial charge is 0.491 e. The molecule has 2 aromatic rings. The number of benzene rings is 2. The molecule has 2 nitrogen and oxygen atoms in total. The molecule has 6 heteroatoms. The first-order chi connectivity index (χ1) is 10.3. The molecule has 0 aromatic heterocycles. The van der Waals surface area contributed by atoms with E-state index >= 15 is 0 Å². The van der Waals surface area contributed by atoms with Crippen LogP contribution in [-0.4, -0.2) is 6.10 Å². The van der Waals surface area contributed by atoms with E-state index in [9.17, 15) is 13.2 Å². The Morgan fingerprint density at radius 3 is 2.05 bits per heavy atom. The molecule has 0 saturated heterocycles. The summed E-state index contributed by atoms with van der Waals surface area (Å²) in [5, 5.41) is -0.0997. The average Bonchev–Trinajstić information content (AvgIpc) is 2.41. The van der Waals surface area contributed by atoms with Crippen molar-refractivity contribution in [2.75, 3.05) is 0 Å². The van der Waals surface area contributed by atoms with Gasteiger partial charge in [-0.1, -0.05) is 11.6 Å². The Kier molecular flexibility index (Phi) is 4.86. The van der Waals surface area contributed by atoms with Gasteiger partial charge in [-0.3, -0.25) is 0 Å². The van der Waals surface area contributed by atoms with Gasteiger partial charge < -0.3 is 9.47 Å². The normalized spacial score (nSPS) is 11.6. The van der Waals surface area contributed by atoms with Gasteiger partial charge >= 0.3 is 6.18 Å². The molecule has 0 atom stereocenters. The number of rotatable bonds is 4. The maximum Gasteiger partial charge on any atom is 0.416 e. The van der Waals surface area contributed by atoms with Gasteiger partial charge in [0.25, 0.3) is 0 Å². The Balaban J connectivity index is 2.14. The van der Waals surface area contributed by atoms with Crippen LogP contribution in [0, 0.1) is 0 Å². The van der Waals surface area contributed by atoms with Gasteiger partial charge in [0.05, 0.1) is 16.7 Å². The summed E-state index contributed by atoms with van der Waals surface area (Å²) in [6, 6.07) is 9.71. The fraction of sp³-hybridized carbons (Fsp3) is 0.250. The van der Waals surface area contributed by atoms with E-state index in [4.69, 9.17) is 21.1 Å². The smallest absolute Gasteiger partial charge is 0.416 e. The summed E-state index contributed by atoms with van der Waals surface area (Å²) in [5.41, 5.74) is -0.814. The van der Waals surface area contributed by atoms with Gasteiger partial charge in [-0.05, 0) is 56.3 Å². The Labute approximate surface area is 131 Å². The van der Waals surface area contributed by atoms with E-state index in [2.05, 4.69) is 0 Å². The summed E-state index contributed by atoms with van der Waals surface area (Å²) in [6.45, 7) is 3.82. The highest BCUT2D eigenvalue weighted by Crippen LogP contribution is 2.36. The molecule has 2 rings (SSSR count). The molecule has 0 radical (unpaired) electrons. The van der Waals surface area contributed by atoms with Gasteiger partial charge in [-0.25, -0.2) is 0 Å². The molecule has 22 heavy (non-hydrogen) atoms. The number of halogens is 4. The zero-order chi connectivity index (χ0) is 16.3. The topological polar surface area (TPSA) is 18.5 Å². The van der Waals surface area contributed by atoms with Crippen LogP contribution in [0.1, 0.15) is 19.4 Å².